The van der Waals surface area contributed by atoms with E-state index in [4.69, 9.17) is 4.52 Å². The van der Waals surface area contributed by atoms with Crippen LogP contribution >= 0.6 is 0 Å². The molecule has 2 heterocycles. The summed E-state index contributed by atoms with van der Waals surface area (Å²) in [5.74, 6) is 0.627. The number of hydrogen-bond acceptors (Lipinski definition) is 6. The van der Waals surface area contributed by atoms with E-state index in [9.17, 15) is 8.42 Å². The van der Waals surface area contributed by atoms with Crippen LogP contribution in [0.3, 0.4) is 0 Å². The summed E-state index contributed by atoms with van der Waals surface area (Å²) in [6, 6.07) is 0. The normalized spacial score (nSPS) is 11.9. The number of rotatable bonds is 4. The molecule has 2 aromatic heterocycles. The highest BCUT2D eigenvalue weighted by molar-refractivity contribution is 7.89. The Morgan fingerprint density at radius 1 is 1.39 bits per heavy atom. The fraction of sp³-hybridized carbons (Fsp3) is 0.500. The zero-order valence-electron chi connectivity index (χ0n) is 10.4. The van der Waals surface area contributed by atoms with Crippen LogP contribution in [0.2, 0.25) is 0 Å². The Morgan fingerprint density at radius 2 is 2.11 bits per heavy atom. The number of nitrogens with zero attached hydrogens (tertiary/aromatic N) is 4. The Hall–Kier alpha value is -1.70. The van der Waals surface area contributed by atoms with Crippen molar-refractivity contribution in [1.82, 2.24) is 20.2 Å². The van der Waals surface area contributed by atoms with E-state index in [2.05, 4.69) is 15.5 Å². The summed E-state index contributed by atoms with van der Waals surface area (Å²) in [6.07, 6.45) is 2.78. The molecule has 0 saturated carbocycles. The summed E-state index contributed by atoms with van der Waals surface area (Å²) in [7, 11) is -3.09. The highest BCUT2D eigenvalue weighted by Gasteiger charge is 2.12. The highest BCUT2D eigenvalue weighted by Crippen LogP contribution is 2.13. The topological polar surface area (TPSA) is 90.9 Å². The van der Waals surface area contributed by atoms with Gasteiger partial charge in [0.2, 0.25) is 0 Å². The van der Waals surface area contributed by atoms with Gasteiger partial charge in [-0.2, -0.15) is 0 Å². The van der Waals surface area contributed by atoms with Gasteiger partial charge in [-0.25, -0.2) is 13.1 Å². The molecule has 0 amide bonds. The first kappa shape index (κ1) is 12.7. The van der Waals surface area contributed by atoms with E-state index in [0.717, 1.165) is 17.0 Å². The van der Waals surface area contributed by atoms with Gasteiger partial charge in [0.15, 0.2) is 9.84 Å². The predicted molar refractivity (Wildman–Crippen MR) is 63.6 cm³/mol. The molecule has 0 aliphatic carbocycles. The van der Waals surface area contributed by atoms with Crippen molar-refractivity contribution >= 4 is 9.84 Å². The molecule has 0 bridgehead atoms. The Labute approximate surface area is 105 Å². The van der Waals surface area contributed by atoms with Crippen LogP contribution in [0.5, 0.6) is 0 Å². The average molecular weight is 270 g/mol. The van der Waals surface area contributed by atoms with E-state index in [1.165, 1.54) is 6.26 Å². The molecule has 98 valence electrons. The molecule has 2 rings (SSSR count). The van der Waals surface area contributed by atoms with Crippen LogP contribution in [0.4, 0.5) is 0 Å². The summed E-state index contributed by atoms with van der Waals surface area (Å²) in [4.78, 5) is 0. The maximum absolute atomic E-state index is 11.1. The Morgan fingerprint density at radius 3 is 2.67 bits per heavy atom. The second-order valence-corrected chi connectivity index (χ2v) is 6.42. The molecule has 0 fully saturated rings. The standard InChI is InChI=1S/C10H14N4O3S/c1-7-10(8(2)17-12-7)5-14-4-9(11-13-14)6-18(3,15)16/h4H,5-6H2,1-3H3. The molecule has 0 N–H and O–H groups in total. The third-order valence-corrected chi connectivity index (χ3v) is 3.32. The quantitative estimate of drug-likeness (QED) is 0.802. The molecule has 0 aliphatic rings. The van der Waals surface area contributed by atoms with Gasteiger partial charge in [-0.1, -0.05) is 10.4 Å². The van der Waals surface area contributed by atoms with Gasteiger partial charge in [0.05, 0.1) is 23.7 Å². The van der Waals surface area contributed by atoms with Gasteiger partial charge >= 0.3 is 0 Å². The Kier molecular flexibility index (Phi) is 3.20. The lowest BCUT2D eigenvalue weighted by Gasteiger charge is -1.98. The minimum atomic E-state index is -3.09. The van der Waals surface area contributed by atoms with E-state index in [0.29, 0.717) is 12.2 Å². The van der Waals surface area contributed by atoms with Crippen molar-refractivity contribution in [3.05, 3.63) is 28.9 Å². The fourth-order valence-electron chi connectivity index (χ4n) is 1.64. The summed E-state index contributed by atoms with van der Waals surface area (Å²) in [6.45, 7) is 4.14. The molecule has 7 nitrogen and oxygen atoms in total. The van der Waals surface area contributed by atoms with E-state index in [1.54, 1.807) is 10.9 Å². The second kappa shape index (κ2) is 4.52. The fourth-order valence-corrected chi connectivity index (χ4v) is 2.31. The average Bonchev–Trinajstić information content (AvgIpc) is 2.78. The molecule has 2 aromatic rings. The molecule has 0 unspecified atom stereocenters. The van der Waals surface area contributed by atoms with Crippen molar-refractivity contribution in [3.8, 4) is 0 Å². The lowest BCUT2D eigenvalue weighted by atomic mass is 10.2. The van der Waals surface area contributed by atoms with Crippen molar-refractivity contribution in [1.29, 1.82) is 0 Å². The maximum atomic E-state index is 11.1. The van der Waals surface area contributed by atoms with Gasteiger partial charge in [-0.3, -0.25) is 0 Å². The SMILES string of the molecule is Cc1noc(C)c1Cn1cc(CS(C)(=O)=O)nn1. The molecular formula is C10H14N4O3S. The minimum Gasteiger partial charge on any atom is -0.361 e. The van der Waals surface area contributed by atoms with Crippen molar-refractivity contribution in [2.75, 3.05) is 6.26 Å². The largest absolute Gasteiger partial charge is 0.361 e. The van der Waals surface area contributed by atoms with Gasteiger partial charge < -0.3 is 4.52 Å². The molecule has 0 aliphatic heterocycles. The number of aryl methyl sites for hydroxylation is 2. The summed E-state index contributed by atoms with van der Waals surface area (Å²) < 4.78 is 28.9. The smallest absolute Gasteiger partial charge is 0.153 e. The molecule has 0 atom stereocenters. The lowest BCUT2D eigenvalue weighted by molar-refractivity contribution is 0.391. The molecule has 18 heavy (non-hydrogen) atoms. The van der Waals surface area contributed by atoms with Crippen LogP contribution in [0.25, 0.3) is 0 Å². The van der Waals surface area contributed by atoms with Crippen molar-refractivity contribution in [2.45, 2.75) is 26.1 Å². The minimum absolute atomic E-state index is 0.103. The van der Waals surface area contributed by atoms with Crippen LogP contribution in [0.1, 0.15) is 22.7 Å². The first-order chi connectivity index (χ1) is 8.35. The van der Waals surface area contributed by atoms with E-state index < -0.39 is 9.84 Å². The van der Waals surface area contributed by atoms with Crippen molar-refractivity contribution in [2.24, 2.45) is 0 Å². The van der Waals surface area contributed by atoms with E-state index in [-0.39, 0.29) is 5.75 Å². The summed E-state index contributed by atoms with van der Waals surface area (Å²) in [5, 5.41) is 11.6. The van der Waals surface area contributed by atoms with E-state index >= 15 is 0 Å². The van der Waals surface area contributed by atoms with Gasteiger partial charge in [-0.05, 0) is 13.8 Å². The third-order valence-electron chi connectivity index (χ3n) is 2.50. The zero-order chi connectivity index (χ0) is 13.3. The molecule has 0 aromatic carbocycles. The molecular weight excluding hydrogens is 256 g/mol. The van der Waals surface area contributed by atoms with Crippen LogP contribution in [-0.2, 0) is 22.1 Å². The first-order valence-electron chi connectivity index (χ1n) is 5.33. The number of aromatic nitrogens is 4. The van der Waals surface area contributed by atoms with Crippen LogP contribution < -0.4 is 0 Å². The molecule has 0 radical (unpaired) electrons. The van der Waals surface area contributed by atoms with Crippen LogP contribution in [0, 0.1) is 13.8 Å². The predicted octanol–water partition coefficient (Wildman–Crippen LogP) is 0.476. The summed E-state index contributed by atoms with van der Waals surface area (Å²) in [5.41, 5.74) is 2.17. The van der Waals surface area contributed by atoms with Gasteiger partial charge in [0.25, 0.3) is 0 Å². The summed E-state index contributed by atoms with van der Waals surface area (Å²) >= 11 is 0. The van der Waals surface area contributed by atoms with Gasteiger partial charge in [0, 0.05) is 18.0 Å². The lowest BCUT2D eigenvalue weighted by Crippen LogP contribution is -2.02. The van der Waals surface area contributed by atoms with Crippen LogP contribution in [-0.4, -0.2) is 34.8 Å². The van der Waals surface area contributed by atoms with Crippen LogP contribution in [0.15, 0.2) is 10.7 Å². The maximum Gasteiger partial charge on any atom is 0.153 e. The number of sulfone groups is 1. The zero-order valence-corrected chi connectivity index (χ0v) is 11.2. The monoisotopic (exact) mass is 270 g/mol. The molecule has 8 heteroatoms. The van der Waals surface area contributed by atoms with E-state index in [1.807, 2.05) is 13.8 Å². The van der Waals surface area contributed by atoms with Gasteiger partial charge in [-0.15, -0.1) is 5.10 Å². The first-order valence-corrected chi connectivity index (χ1v) is 7.39. The molecule has 0 spiro atoms. The number of hydrogen-bond donors (Lipinski definition) is 0. The second-order valence-electron chi connectivity index (χ2n) is 4.28. The van der Waals surface area contributed by atoms with Crippen molar-refractivity contribution < 1.29 is 12.9 Å². The highest BCUT2D eigenvalue weighted by atomic mass is 32.2. The third kappa shape index (κ3) is 2.95. The van der Waals surface area contributed by atoms with Crippen molar-refractivity contribution in [3.63, 3.8) is 0 Å². The Bertz CT molecular complexity index is 637. The van der Waals surface area contributed by atoms with Gasteiger partial charge in [0.1, 0.15) is 5.76 Å². The Balaban J connectivity index is 2.17. The molecule has 0 saturated heterocycles.